The minimum atomic E-state index is 0.00375. The van der Waals surface area contributed by atoms with Crippen LogP contribution < -0.4 is 4.74 Å². The maximum absolute atomic E-state index is 6.03. The Morgan fingerprint density at radius 2 is 1.53 bits per heavy atom. The van der Waals surface area contributed by atoms with Gasteiger partial charge in [-0.25, -0.2) is 0 Å². The first-order chi connectivity index (χ1) is 9.35. The van der Waals surface area contributed by atoms with Gasteiger partial charge in [-0.3, -0.25) is 0 Å². The predicted octanol–water partition coefficient (Wildman–Crippen LogP) is 5.14. The number of hydrogen-bond donors (Lipinski definition) is 0. The van der Waals surface area contributed by atoms with Gasteiger partial charge >= 0.3 is 0 Å². The SMILES string of the molecule is C/C=C(/CC)[S+]1c2ccccc2Oc2ccccc21. The number of para-hydroxylation sites is 2. The van der Waals surface area contributed by atoms with Crippen LogP contribution >= 0.6 is 0 Å². The smallest absolute Gasteiger partial charge is 0.208 e. The Hall–Kier alpha value is -1.67. The van der Waals surface area contributed by atoms with Crippen molar-refractivity contribution in [2.45, 2.75) is 30.1 Å². The monoisotopic (exact) mass is 269 g/mol. The van der Waals surface area contributed by atoms with E-state index in [1.807, 2.05) is 12.1 Å². The maximum atomic E-state index is 6.03. The second kappa shape index (κ2) is 5.14. The lowest BCUT2D eigenvalue weighted by Crippen LogP contribution is -2.13. The highest BCUT2D eigenvalue weighted by molar-refractivity contribution is 8.00. The zero-order chi connectivity index (χ0) is 13.2. The van der Waals surface area contributed by atoms with Gasteiger partial charge in [0.05, 0.1) is 0 Å². The molecule has 1 aliphatic rings. The fourth-order valence-electron chi connectivity index (χ4n) is 2.39. The number of ether oxygens (including phenoxy) is 1. The van der Waals surface area contributed by atoms with Gasteiger partial charge in [0.2, 0.25) is 9.79 Å². The van der Waals surface area contributed by atoms with E-state index < -0.39 is 0 Å². The van der Waals surface area contributed by atoms with Gasteiger partial charge in [-0.2, -0.15) is 0 Å². The van der Waals surface area contributed by atoms with E-state index >= 15 is 0 Å². The van der Waals surface area contributed by atoms with Gasteiger partial charge in [0.25, 0.3) is 0 Å². The molecule has 0 N–H and O–H groups in total. The van der Waals surface area contributed by atoms with E-state index in [1.165, 1.54) is 14.7 Å². The van der Waals surface area contributed by atoms with Gasteiger partial charge in [0.15, 0.2) is 11.5 Å². The third-order valence-corrected chi connectivity index (χ3v) is 5.89. The zero-order valence-electron chi connectivity index (χ0n) is 11.2. The van der Waals surface area contributed by atoms with Gasteiger partial charge in [-0.05, 0) is 37.3 Å². The van der Waals surface area contributed by atoms with Gasteiger partial charge < -0.3 is 4.74 Å². The highest BCUT2D eigenvalue weighted by atomic mass is 32.2. The van der Waals surface area contributed by atoms with E-state index in [0.717, 1.165) is 17.9 Å². The average Bonchev–Trinajstić information content (AvgIpc) is 2.47. The topological polar surface area (TPSA) is 9.23 Å². The lowest BCUT2D eigenvalue weighted by molar-refractivity contribution is 0.453. The second-order valence-corrected chi connectivity index (χ2v) is 6.43. The molecule has 0 radical (unpaired) electrons. The van der Waals surface area contributed by atoms with Crippen molar-refractivity contribution in [2.24, 2.45) is 0 Å². The minimum absolute atomic E-state index is 0.00375. The highest BCUT2D eigenvalue weighted by Gasteiger charge is 2.39. The molecule has 1 aliphatic heterocycles. The van der Waals surface area contributed by atoms with Crippen molar-refractivity contribution in [3.8, 4) is 11.5 Å². The Balaban J connectivity index is 2.22. The lowest BCUT2D eigenvalue weighted by atomic mass is 10.3. The van der Waals surface area contributed by atoms with Crippen LogP contribution in [0.1, 0.15) is 20.3 Å². The molecule has 0 atom stereocenters. The zero-order valence-corrected chi connectivity index (χ0v) is 12.0. The Bertz CT molecular complexity index is 585. The molecule has 0 saturated heterocycles. The van der Waals surface area contributed by atoms with Gasteiger partial charge in [0.1, 0.15) is 15.8 Å². The van der Waals surface area contributed by atoms with Crippen LogP contribution in [0.5, 0.6) is 11.5 Å². The molecule has 19 heavy (non-hydrogen) atoms. The molecule has 2 heteroatoms. The van der Waals surface area contributed by atoms with Crippen molar-refractivity contribution < 1.29 is 4.74 Å². The third kappa shape index (κ3) is 2.06. The second-order valence-electron chi connectivity index (χ2n) is 4.41. The Morgan fingerprint density at radius 3 is 2.00 bits per heavy atom. The van der Waals surface area contributed by atoms with Crippen LogP contribution in [0.2, 0.25) is 0 Å². The van der Waals surface area contributed by atoms with Crippen LogP contribution in [0.15, 0.2) is 69.3 Å². The first-order valence-corrected chi connectivity index (χ1v) is 7.83. The summed E-state index contributed by atoms with van der Waals surface area (Å²) in [5.41, 5.74) is 0. The van der Waals surface area contributed by atoms with Crippen molar-refractivity contribution in [2.75, 3.05) is 0 Å². The molecular formula is C17H17OS+. The van der Waals surface area contributed by atoms with Crippen molar-refractivity contribution in [1.82, 2.24) is 0 Å². The van der Waals surface area contributed by atoms with Crippen molar-refractivity contribution in [1.29, 1.82) is 0 Å². The maximum Gasteiger partial charge on any atom is 0.208 e. The number of fused-ring (bicyclic) bond motifs is 2. The number of rotatable bonds is 2. The molecular weight excluding hydrogens is 252 g/mol. The summed E-state index contributed by atoms with van der Waals surface area (Å²) < 4.78 is 6.03. The molecule has 0 spiro atoms. The van der Waals surface area contributed by atoms with Crippen LogP contribution in [0.3, 0.4) is 0 Å². The molecule has 1 nitrogen and oxygen atoms in total. The van der Waals surface area contributed by atoms with E-state index in [0.29, 0.717) is 0 Å². The number of allylic oxidation sites excluding steroid dienone is 2. The number of benzene rings is 2. The molecule has 96 valence electrons. The molecule has 0 unspecified atom stereocenters. The molecule has 2 aromatic carbocycles. The molecule has 3 rings (SSSR count). The first kappa shape index (κ1) is 12.4. The summed E-state index contributed by atoms with van der Waals surface area (Å²) in [5.74, 6) is 2.00. The molecule has 0 aromatic heterocycles. The summed E-state index contributed by atoms with van der Waals surface area (Å²) in [4.78, 5) is 4.08. The van der Waals surface area contributed by atoms with E-state index in [1.54, 1.807) is 0 Å². The largest absolute Gasteiger partial charge is 0.447 e. The molecule has 0 fully saturated rings. The summed E-state index contributed by atoms with van der Waals surface area (Å²) in [6.45, 7) is 4.36. The van der Waals surface area contributed by atoms with E-state index in [9.17, 15) is 0 Å². The van der Waals surface area contributed by atoms with Gasteiger partial charge in [-0.15, -0.1) is 0 Å². The molecule has 0 saturated carbocycles. The molecule has 1 heterocycles. The number of hydrogen-bond acceptors (Lipinski definition) is 1. The van der Waals surface area contributed by atoms with Gasteiger partial charge in [-0.1, -0.05) is 31.2 Å². The summed E-state index contributed by atoms with van der Waals surface area (Å²) in [5, 5.41) is 0. The normalized spacial score (nSPS) is 14.5. The summed E-state index contributed by atoms with van der Waals surface area (Å²) >= 11 is 0. The fourth-order valence-corrected chi connectivity index (χ4v) is 4.77. The summed E-state index contributed by atoms with van der Waals surface area (Å²) in [6, 6.07) is 16.8. The van der Waals surface area contributed by atoms with Crippen LogP contribution in [0.25, 0.3) is 0 Å². The molecule has 0 bridgehead atoms. The first-order valence-electron chi connectivity index (χ1n) is 6.60. The Morgan fingerprint density at radius 1 is 1.00 bits per heavy atom. The van der Waals surface area contributed by atoms with Crippen LogP contribution in [0, 0.1) is 0 Å². The third-order valence-electron chi connectivity index (χ3n) is 3.29. The Labute approximate surface area is 117 Å². The van der Waals surface area contributed by atoms with Crippen molar-refractivity contribution in [3.63, 3.8) is 0 Å². The van der Waals surface area contributed by atoms with Crippen LogP contribution in [-0.4, -0.2) is 0 Å². The lowest BCUT2D eigenvalue weighted by Gasteiger charge is -2.20. The fraction of sp³-hybridized carbons (Fsp3) is 0.176. The van der Waals surface area contributed by atoms with E-state index in [-0.39, 0.29) is 10.9 Å². The summed E-state index contributed by atoms with van der Waals surface area (Å²) in [6.07, 6.45) is 3.32. The van der Waals surface area contributed by atoms with Gasteiger partial charge in [0, 0.05) is 6.42 Å². The minimum Gasteiger partial charge on any atom is -0.447 e. The van der Waals surface area contributed by atoms with E-state index in [4.69, 9.17) is 4.74 Å². The van der Waals surface area contributed by atoms with Crippen molar-refractivity contribution >= 4 is 10.9 Å². The van der Waals surface area contributed by atoms with Crippen LogP contribution in [-0.2, 0) is 10.9 Å². The molecule has 0 aliphatic carbocycles. The highest BCUT2D eigenvalue weighted by Crippen LogP contribution is 2.46. The average molecular weight is 269 g/mol. The predicted molar refractivity (Wildman–Crippen MR) is 80.9 cm³/mol. The Kier molecular flexibility index (Phi) is 3.34. The quantitative estimate of drug-likeness (QED) is 0.686. The molecule has 0 amide bonds. The van der Waals surface area contributed by atoms with E-state index in [2.05, 4.69) is 56.3 Å². The summed E-state index contributed by atoms with van der Waals surface area (Å²) in [7, 11) is 0.00375. The van der Waals surface area contributed by atoms with Crippen molar-refractivity contribution in [3.05, 3.63) is 59.5 Å². The molecule has 2 aromatic rings. The van der Waals surface area contributed by atoms with Crippen LogP contribution in [0.4, 0.5) is 0 Å². The standard InChI is InChI=1S/C17H17OS/c1-3-13(4-2)19-16-11-7-5-9-14(16)18-15-10-6-8-12-17(15)19/h3,5-12H,4H2,1-2H3/q+1/b13-3-.